The Balaban J connectivity index is 1.97. The molecule has 1 heterocycles. The molecule has 0 saturated heterocycles. The summed E-state index contributed by atoms with van der Waals surface area (Å²) in [6.45, 7) is 2.05. The third kappa shape index (κ3) is 3.14. The predicted octanol–water partition coefficient (Wildman–Crippen LogP) is 3.70. The summed E-state index contributed by atoms with van der Waals surface area (Å²) in [5.41, 5.74) is 1.77. The van der Waals surface area contributed by atoms with Gasteiger partial charge in [-0.15, -0.1) is 0 Å². The number of hydrogen-bond donors (Lipinski definition) is 0. The van der Waals surface area contributed by atoms with E-state index in [4.69, 9.17) is 0 Å². The van der Waals surface area contributed by atoms with Crippen molar-refractivity contribution in [1.82, 2.24) is 9.97 Å². The number of nitrogens with zero attached hydrogens (tertiary/aromatic N) is 3. The summed E-state index contributed by atoms with van der Waals surface area (Å²) in [4.78, 5) is 11.3. The predicted molar refractivity (Wildman–Crippen MR) is 95.1 cm³/mol. The molecule has 0 aliphatic heterocycles. The van der Waals surface area contributed by atoms with Gasteiger partial charge in [-0.3, -0.25) is 4.21 Å². The van der Waals surface area contributed by atoms with Crippen LogP contribution in [0.3, 0.4) is 0 Å². The molecular weight excluding hydrogens is 325 g/mol. The van der Waals surface area contributed by atoms with Gasteiger partial charge in [0.05, 0.1) is 11.6 Å². The molecule has 3 rings (SSSR count). The third-order valence-corrected chi connectivity index (χ3v) is 5.12. The highest BCUT2D eigenvalue weighted by molar-refractivity contribution is 7.84. The van der Waals surface area contributed by atoms with Gasteiger partial charge in [-0.25, -0.2) is 14.4 Å². The zero-order valence-electron chi connectivity index (χ0n) is 13.7. The number of halogens is 1. The van der Waals surface area contributed by atoms with Crippen LogP contribution in [0.2, 0.25) is 0 Å². The first-order valence-corrected chi connectivity index (χ1v) is 9.09. The van der Waals surface area contributed by atoms with Crippen LogP contribution >= 0.6 is 0 Å². The molecule has 124 valence electrons. The minimum absolute atomic E-state index is 0.0192. The largest absolute Gasteiger partial charge is 0.352 e. The van der Waals surface area contributed by atoms with Crippen molar-refractivity contribution in [2.45, 2.75) is 17.9 Å². The van der Waals surface area contributed by atoms with Crippen molar-refractivity contribution >= 4 is 27.5 Å². The highest BCUT2D eigenvalue weighted by Crippen LogP contribution is 2.29. The van der Waals surface area contributed by atoms with Crippen molar-refractivity contribution in [3.63, 3.8) is 0 Å². The Kier molecular flexibility index (Phi) is 4.57. The van der Waals surface area contributed by atoms with Crippen molar-refractivity contribution in [2.24, 2.45) is 0 Å². The number of aromatic nitrogens is 2. The summed E-state index contributed by atoms with van der Waals surface area (Å²) in [6.07, 6.45) is 3.15. The molecule has 0 aliphatic rings. The molecule has 0 amide bonds. The van der Waals surface area contributed by atoms with E-state index in [2.05, 4.69) is 9.97 Å². The lowest BCUT2D eigenvalue weighted by Gasteiger charge is -2.27. The minimum atomic E-state index is -0.994. The zero-order valence-corrected chi connectivity index (χ0v) is 14.5. The molecule has 0 fully saturated rings. The zero-order chi connectivity index (χ0) is 17.3. The number of hydrogen-bond acceptors (Lipinski definition) is 4. The number of fused-ring (bicyclic) bond motifs is 1. The Labute approximate surface area is 142 Å². The lowest BCUT2D eigenvalue weighted by molar-refractivity contribution is 0.629. The van der Waals surface area contributed by atoms with Crippen molar-refractivity contribution in [1.29, 1.82) is 0 Å². The van der Waals surface area contributed by atoms with Gasteiger partial charge in [-0.05, 0) is 42.8 Å². The van der Waals surface area contributed by atoms with Crippen LogP contribution in [0.1, 0.15) is 18.5 Å². The van der Waals surface area contributed by atoms with Gasteiger partial charge < -0.3 is 4.90 Å². The van der Waals surface area contributed by atoms with Gasteiger partial charge in [-0.2, -0.15) is 0 Å². The standard InChI is InChI=1S/C18H18FN3OS/c1-12(13-4-7-15(8-5-13)24(3)23)22(2)18-16-10-14(19)6-9-17(16)20-11-21-18/h4-12H,1-3H3. The molecule has 0 N–H and O–H groups in total. The Hall–Kier alpha value is -2.34. The summed E-state index contributed by atoms with van der Waals surface area (Å²) in [5, 5.41) is 0.679. The second-order valence-corrected chi connectivity index (χ2v) is 7.05. The van der Waals surface area contributed by atoms with E-state index in [1.54, 1.807) is 12.3 Å². The van der Waals surface area contributed by atoms with Gasteiger partial charge in [0.2, 0.25) is 0 Å². The van der Waals surface area contributed by atoms with E-state index in [0.29, 0.717) is 16.7 Å². The Morgan fingerprint density at radius 2 is 1.83 bits per heavy atom. The maximum absolute atomic E-state index is 13.6. The number of benzene rings is 2. The fourth-order valence-corrected chi connectivity index (χ4v) is 3.16. The molecule has 4 nitrogen and oxygen atoms in total. The first-order chi connectivity index (χ1) is 11.5. The molecule has 2 unspecified atom stereocenters. The normalized spacial score (nSPS) is 13.7. The molecule has 24 heavy (non-hydrogen) atoms. The summed E-state index contributed by atoms with van der Waals surface area (Å²) in [7, 11) is 0.926. The summed E-state index contributed by atoms with van der Waals surface area (Å²) in [6, 6.07) is 12.2. The SMILES string of the molecule is CC(c1ccc(S(C)=O)cc1)N(C)c1ncnc2ccc(F)cc12. The molecule has 0 radical (unpaired) electrons. The van der Waals surface area contributed by atoms with Crippen LogP contribution in [0.15, 0.2) is 53.7 Å². The third-order valence-electron chi connectivity index (χ3n) is 4.19. The van der Waals surface area contributed by atoms with Crippen LogP contribution in [0, 0.1) is 5.82 Å². The van der Waals surface area contributed by atoms with E-state index in [0.717, 1.165) is 10.5 Å². The quantitative estimate of drug-likeness (QED) is 0.724. The first kappa shape index (κ1) is 16.5. The van der Waals surface area contributed by atoms with E-state index in [1.165, 1.54) is 18.5 Å². The topological polar surface area (TPSA) is 46.1 Å². The number of rotatable bonds is 4. The van der Waals surface area contributed by atoms with E-state index < -0.39 is 10.8 Å². The Morgan fingerprint density at radius 1 is 1.12 bits per heavy atom. The molecule has 3 aromatic rings. The second-order valence-electron chi connectivity index (χ2n) is 5.67. The molecule has 0 bridgehead atoms. The fraction of sp³-hybridized carbons (Fsp3) is 0.222. The maximum atomic E-state index is 13.6. The van der Waals surface area contributed by atoms with Crippen LogP contribution in [-0.4, -0.2) is 27.5 Å². The van der Waals surface area contributed by atoms with Crippen LogP contribution in [0.25, 0.3) is 10.9 Å². The van der Waals surface area contributed by atoms with Crippen molar-refractivity contribution in [3.8, 4) is 0 Å². The Morgan fingerprint density at radius 3 is 2.50 bits per heavy atom. The van der Waals surface area contributed by atoms with Gasteiger partial charge in [0.15, 0.2) is 0 Å². The van der Waals surface area contributed by atoms with Crippen molar-refractivity contribution in [3.05, 3.63) is 60.2 Å². The van der Waals surface area contributed by atoms with E-state index in [-0.39, 0.29) is 11.9 Å². The summed E-state index contributed by atoms with van der Waals surface area (Å²) >= 11 is 0. The first-order valence-electron chi connectivity index (χ1n) is 7.54. The molecule has 2 atom stereocenters. The second kappa shape index (κ2) is 6.65. The smallest absolute Gasteiger partial charge is 0.140 e. The van der Waals surface area contributed by atoms with Gasteiger partial charge in [0, 0.05) is 34.4 Å². The minimum Gasteiger partial charge on any atom is -0.352 e. The molecule has 0 saturated carbocycles. The summed E-state index contributed by atoms with van der Waals surface area (Å²) < 4.78 is 25.1. The van der Waals surface area contributed by atoms with Crippen LogP contribution < -0.4 is 4.90 Å². The summed E-state index contributed by atoms with van der Waals surface area (Å²) in [5.74, 6) is 0.365. The lowest BCUT2D eigenvalue weighted by Crippen LogP contribution is -2.23. The van der Waals surface area contributed by atoms with Crippen LogP contribution in [0.4, 0.5) is 10.2 Å². The Bertz CT molecular complexity index is 898. The fourth-order valence-electron chi connectivity index (χ4n) is 2.64. The molecular formula is C18H18FN3OS. The van der Waals surface area contributed by atoms with Crippen molar-refractivity contribution < 1.29 is 8.60 Å². The average molecular weight is 343 g/mol. The maximum Gasteiger partial charge on any atom is 0.140 e. The van der Waals surface area contributed by atoms with Gasteiger partial charge in [-0.1, -0.05) is 12.1 Å². The highest BCUT2D eigenvalue weighted by atomic mass is 32.2. The molecule has 6 heteroatoms. The number of anilines is 1. The van der Waals surface area contributed by atoms with Crippen LogP contribution in [0.5, 0.6) is 0 Å². The molecule has 1 aromatic heterocycles. The molecule has 0 spiro atoms. The average Bonchev–Trinajstić information content (AvgIpc) is 2.60. The van der Waals surface area contributed by atoms with Crippen molar-refractivity contribution in [2.75, 3.05) is 18.2 Å². The lowest BCUT2D eigenvalue weighted by atomic mass is 10.1. The van der Waals surface area contributed by atoms with E-state index in [1.807, 2.05) is 43.1 Å². The van der Waals surface area contributed by atoms with Gasteiger partial charge in [0.1, 0.15) is 18.0 Å². The molecule has 0 aliphatic carbocycles. The van der Waals surface area contributed by atoms with E-state index in [9.17, 15) is 8.60 Å². The highest BCUT2D eigenvalue weighted by Gasteiger charge is 2.17. The van der Waals surface area contributed by atoms with Gasteiger partial charge >= 0.3 is 0 Å². The van der Waals surface area contributed by atoms with E-state index >= 15 is 0 Å². The molecule has 2 aromatic carbocycles. The monoisotopic (exact) mass is 343 g/mol. The van der Waals surface area contributed by atoms with Gasteiger partial charge in [0.25, 0.3) is 0 Å². The van der Waals surface area contributed by atoms with Crippen LogP contribution in [-0.2, 0) is 10.8 Å².